The first-order chi connectivity index (χ1) is 10.7. The van der Waals surface area contributed by atoms with Crippen LogP contribution in [-0.2, 0) is 13.8 Å². The van der Waals surface area contributed by atoms with Crippen molar-refractivity contribution in [3.8, 4) is 0 Å². The van der Waals surface area contributed by atoms with Crippen molar-refractivity contribution in [3.05, 3.63) is 0 Å². The van der Waals surface area contributed by atoms with Crippen molar-refractivity contribution in [2.75, 3.05) is 14.2 Å². The van der Waals surface area contributed by atoms with Gasteiger partial charge in [0.25, 0.3) is 7.52 Å². The molecule has 0 aromatic heterocycles. The number of carboxylic acid groups (broad SMARTS) is 1. The molecule has 23 heavy (non-hydrogen) atoms. The summed E-state index contributed by atoms with van der Waals surface area (Å²) in [6.07, 6.45) is 5.39. The fourth-order valence-electron chi connectivity index (χ4n) is 3.93. The van der Waals surface area contributed by atoms with Gasteiger partial charge in [0, 0.05) is 7.11 Å². The van der Waals surface area contributed by atoms with Crippen molar-refractivity contribution < 1.29 is 23.7 Å². The maximum absolute atomic E-state index is 13.0. The summed E-state index contributed by atoms with van der Waals surface area (Å²) in [5.41, 5.74) is -1.03. The number of amides is 1. The molecule has 1 aliphatic carbocycles. The largest absolute Gasteiger partial charge is 0.465 e. The molecule has 134 valence electrons. The Balaban J connectivity index is 2.31. The smallest absolute Gasteiger partial charge is 0.409 e. The van der Waals surface area contributed by atoms with Gasteiger partial charge in [0.1, 0.15) is 5.72 Å². The quantitative estimate of drug-likeness (QED) is 0.740. The van der Waals surface area contributed by atoms with Gasteiger partial charge in [-0.3, -0.25) is 9.46 Å². The molecule has 7 nitrogen and oxygen atoms in total. The number of ether oxygens (including phenoxy) is 1. The van der Waals surface area contributed by atoms with E-state index in [1.165, 1.54) is 31.3 Å². The predicted molar refractivity (Wildman–Crippen MR) is 87.5 cm³/mol. The first-order valence-corrected chi connectivity index (χ1v) is 9.99. The molecule has 0 radical (unpaired) electrons. The number of nitrogens with zero attached hydrogens (tertiary/aromatic N) is 1. The Morgan fingerprint density at radius 3 is 2.48 bits per heavy atom. The van der Waals surface area contributed by atoms with Crippen molar-refractivity contribution in [1.82, 2.24) is 9.99 Å². The van der Waals surface area contributed by atoms with E-state index in [-0.39, 0.29) is 0 Å². The highest BCUT2D eigenvalue weighted by Crippen LogP contribution is 2.56. The second-order valence-corrected chi connectivity index (χ2v) is 9.43. The van der Waals surface area contributed by atoms with Crippen LogP contribution in [0, 0.1) is 5.92 Å². The maximum atomic E-state index is 13.0. The highest BCUT2D eigenvalue weighted by molar-refractivity contribution is 7.57. The summed E-state index contributed by atoms with van der Waals surface area (Å²) in [7, 11) is -0.360. The Bertz CT molecular complexity index is 470. The van der Waals surface area contributed by atoms with E-state index < -0.39 is 31.2 Å². The third kappa shape index (κ3) is 3.73. The average molecular weight is 348 g/mol. The Hall–Kier alpha value is -0.620. The molecule has 1 aliphatic heterocycles. The van der Waals surface area contributed by atoms with Crippen LogP contribution in [0.25, 0.3) is 0 Å². The van der Waals surface area contributed by atoms with Gasteiger partial charge >= 0.3 is 6.09 Å². The Morgan fingerprint density at radius 2 is 2.00 bits per heavy atom. The van der Waals surface area contributed by atoms with E-state index in [4.69, 9.17) is 9.26 Å². The first-order valence-electron chi connectivity index (χ1n) is 8.29. The van der Waals surface area contributed by atoms with Gasteiger partial charge in [-0.05, 0) is 33.2 Å². The molecule has 0 spiro atoms. The van der Waals surface area contributed by atoms with Gasteiger partial charge in [0.2, 0.25) is 0 Å². The molecule has 1 saturated heterocycles. The second-order valence-electron chi connectivity index (χ2n) is 6.92. The van der Waals surface area contributed by atoms with Gasteiger partial charge in [-0.25, -0.2) is 9.88 Å². The van der Waals surface area contributed by atoms with Crippen LogP contribution in [0.1, 0.15) is 52.4 Å². The highest BCUT2D eigenvalue weighted by Gasteiger charge is 2.57. The standard InChI is InChI=1S/C15H29N2O5P/c1-15(2)17(14(18)19)12(10-11-8-6-5-7-9-11)13(22-15)23(20,16-3)21-4/h11-13H,5-10H2,1-4H3,(H,16,20)(H,18,19)/t12-,13?,23?/m0/s1. The van der Waals surface area contributed by atoms with Crippen LogP contribution >= 0.6 is 7.52 Å². The molecule has 0 bridgehead atoms. The molecular weight excluding hydrogens is 319 g/mol. The summed E-state index contributed by atoms with van der Waals surface area (Å²) in [4.78, 5) is 13.1. The number of hydrogen-bond donors (Lipinski definition) is 2. The summed E-state index contributed by atoms with van der Waals surface area (Å²) in [5.74, 6) is -0.344. The number of hydrogen-bond acceptors (Lipinski definition) is 4. The number of nitrogens with one attached hydrogen (secondary N) is 1. The molecular formula is C15H29N2O5P. The zero-order valence-electron chi connectivity index (χ0n) is 14.4. The number of rotatable bonds is 5. The zero-order valence-corrected chi connectivity index (χ0v) is 15.3. The molecule has 2 N–H and O–H groups in total. The lowest BCUT2D eigenvalue weighted by Gasteiger charge is -2.34. The van der Waals surface area contributed by atoms with Gasteiger partial charge in [-0.2, -0.15) is 0 Å². The minimum Gasteiger partial charge on any atom is -0.465 e. The molecule has 3 atom stereocenters. The van der Waals surface area contributed by atoms with Crippen molar-refractivity contribution in [1.29, 1.82) is 0 Å². The Morgan fingerprint density at radius 1 is 1.39 bits per heavy atom. The topological polar surface area (TPSA) is 88.1 Å². The van der Waals surface area contributed by atoms with Gasteiger partial charge < -0.3 is 14.4 Å². The molecule has 1 heterocycles. The van der Waals surface area contributed by atoms with Gasteiger partial charge in [-0.1, -0.05) is 32.1 Å². The lowest BCUT2D eigenvalue weighted by atomic mass is 9.84. The average Bonchev–Trinajstić information content (AvgIpc) is 2.78. The number of carbonyl (C=O) groups is 1. The van der Waals surface area contributed by atoms with Crippen LogP contribution in [0.2, 0.25) is 0 Å². The summed E-state index contributed by atoms with van der Waals surface area (Å²) in [6, 6.07) is -0.469. The van der Waals surface area contributed by atoms with Gasteiger partial charge in [0.15, 0.2) is 5.85 Å². The van der Waals surface area contributed by atoms with Crippen LogP contribution in [0.15, 0.2) is 0 Å². The van der Waals surface area contributed by atoms with Gasteiger partial charge in [-0.15, -0.1) is 0 Å². The lowest BCUT2D eigenvalue weighted by molar-refractivity contribution is -0.0527. The molecule has 2 unspecified atom stereocenters. The summed E-state index contributed by atoms with van der Waals surface area (Å²) in [6.45, 7) is 3.40. The normalized spacial score (nSPS) is 31.0. The zero-order chi connectivity index (χ0) is 17.3. The summed E-state index contributed by atoms with van der Waals surface area (Å²) < 4.78 is 24.1. The van der Waals surface area contributed by atoms with E-state index in [0.29, 0.717) is 12.3 Å². The molecule has 1 saturated carbocycles. The highest BCUT2D eigenvalue weighted by atomic mass is 31.2. The lowest BCUT2D eigenvalue weighted by Crippen LogP contribution is -2.48. The van der Waals surface area contributed by atoms with Crippen LogP contribution in [-0.4, -0.2) is 47.9 Å². The molecule has 2 aliphatic rings. The van der Waals surface area contributed by atoms with E-state index in [1.807, 2.05) is 0 Å². The van der Waals surface area contributed by atoms with Crippen molar-refractivity contribution in [2.24, 2.45) is 5.92 Å². The van der Waals surface area contributed by atoms with Crippen LogP contribution < -0.4 is 5.09 Å². The van der Waals surface area contributed by atoms with Gasteiger partial charge in [0.05, 0.1) is 6.04 Å². The summed E-state index contributed by atoms with van der Waals surface area (Å²) in [5, 5.41) is 12.4. The molecule has 0 aromatic rings. The van der Waals surface area contributed by atoms with Crippen molar-refractivity contribution in [2.45, 2.75) is 70.0 Å². The predicted octanol–water partition coefficient (Wildman–Crippen LogP) is 3.46. The summed E-state index contributed by atoms with van der Waals surface area (Å²) >= 11 is 0. The fraction of sp³-hybridized carbons (Fsp3) is 0.933. The van der Waals surface area contributed by atoms with E-state index in [1.54, 1.807) is 20.9 Å². The van der Waals surface area contributed by atoms with E-state index in [9.17, 15) is 14.5 Å². The van der Waals surface area contributed by atoms with Crippen LogP contribution in [0.3, 0.4) is 0 Å². The molecule has 0 aromatic carbocycles. The molecule has 8 heteroatoms. The Labute approximate surface area is 138 Å². The van der Waals surface area contributed by atoms with Crippen LogP contribution in [0.5, 0.6) is 0 Å². The van der Waals surface area contributed by atoms with Crippen molar-refractivity contribution >= 4 is 13.6 Å². The van der Waals surface area contributed by atoms with E-state index in [0.717, 1.165) is 12.8 Å². The minimum atomic E-state index is -3.29. The van der Waals surface area contributed by atoms with Crippen LogP contribution in [0.4, 0.5) is 4.79 Å². The maximum Gasteiger partial charge on any atom is 0.409 e. The SMILES string of the molecule is CNP(=O)(OC)C1OC(C)(C)N(C(=O)O)[C@H]1CC1CCCCC1. The monoisotopic (exact) mass is 348 g/mol. The third-order valence-corrected chi connectivity index (χ3v) is 7.36. The molecule has 2 fully saturated rings. The van der Waals surface area contributed by atoms with Crippen molar-refractivity contribution in [3.63, 3.8) is 0 Å². The Kier molecular flexibility index (Phi) is 5.77. The second kappa shape index (κ2) is 7.09. The third-order valence-electron chi connectivity index (χ3n) is 5.07. The van der Waals surface area contributed by atoms with E-state index >= 15 is 0 Å². The minimum absolute atomic E-state index is 0.442. The molecule has 2 rings (SSSR count). The first kappa shape index (κ1) is 18.7. The van der Waals surface area contributed by atoms with E-state index in [2.05, 4.69) is 5.09 Å². The fourth-order valence-corrected chi connectivity index (χ4v) is 5.68. The molecule has 1 amide bonds.